The lowest BCUT2D eigenvalue weighted by Crippen LogP contribution is -2.30. The molecule has 0 amide bonds. The fourth-order valence-electron chi connectivity index (χ4n) is 2.27. The molecule has 1 aromatic carbocycles. The lowest BCUT2D eigenvalue weighted by atomic mass is 10.2. The second-order valence-corrected chi connectivity index (χ2v) is 7.61. The van der Waals surface area contributed by atoms with Crippen molar-refractivity contribution < 1.29 is 13.3 Å². The molecular formula is C12H15ClN2O4S. The van der Waals surface area contributed by atoms with E-state index in [4.69, 9.17) is 11.6 Å². The molecule has 1 fully saturated rings. The third-order valence-electron chi connectivity index (χ3n) is 3.37. The van der Waals surface area contributed by atoms with E-state index in [9.17, 15) is 18.5 Å². The number of nitrogens with one attached hydrogen (secondary N) is 1. The van der Waals surface area contributed by atoms with E-state index in [1.54, 1.807) is 6.07 Å². The second-order valence-electron chi connectivity index (χ2n) is 4.80. The van der Waals surface area contributed by atoms with Crippen LogP contribution in [0, 0.1) is 10.1 Å². The molecule has 1 unspecified atom stereocenters. The third kappa shape index (κ3) is 3.47. The first kappa shape index (κ1) is 15.2. The van der Waals surface area contributed by atoms with Gasteiger partial charge >= 0.3 is 0 Å². The lowest BCUT2D eigenvalue weighted by molar-refractivity contribution is -0.384. The molecule has 0 spiro atoms. The van der Waals surface area contributed by atoms with Gasteiger partial charge in [-0.25, -0.2) is 8.42 Å². The van der Waals surface area contributed by atoms with E-state index in [1.807, 2.05) is 0 Å². The molecule has 0 aliphatic carbocycles. The van der Waals surface area contributed by atoms with Crippen molar-refractivity contribution in [1.82, 2.24) is 5.32 Å². The van der Waals surface area contributed by atoms with Crippen LogP contribution in [0.15, 0.2) is 18.2 Å². The van der Waals surface area contributed by atoms with Crippen molar-refractivity contribution in [1.29, 1.82) is 0 Å². The molecule has 1 aromatic rings. The maximum atomic E-state index is 11.6. The standard InChI is InChI=1S/C12H15ClN2O4S/c13-11-4-3-9(6-12(11)15(16)17)7-14-8-10-2-1-5-20(10,18)19/h3-4,6,10,14H,1-2,5,7-8H2. The van der Waals surface area contributed by atoms with Gasteiger partial charge in [0, 0.05) is 19.2 Å². The molecule has 8 heteroatoms. The van der Waals surface area contributed by atoms with Gasteiger partial charge in [-0.1, -0.05) is 17.7 Å². The first-order chi connectivity index (χ1) is 9.40. The minimum Gasteiger partial charge on any atom is -0.311 e. The summed E-state index contributed by atoms with van der Waals surface area (Å²) in [6.45, 7) is 0.753. The number of benzene rings is 1. The van der Waals surface area contributed by atoms with Gasteiger partial charge in [0.05, 0.1) is 15.9 Å². The Morgan fingerprint density at radius 1 is 1.45 bits per heavy atom. The van der Waals surface area contributed by atoms with E-state index in [0.29, 0.717) is 31.5 Å². The van der Waals surface area contributed by atoms with Gasteiger partial charge in [0.15, 0.2) is 9.84 Å². The Balaban J connectivity index is 1.95. The fraction of sp³-hybridized carbons (Fsp3) is 0.500. The van der Waals surface area contributed by atoms with Crippen molar-refractivity contribution in [3.05, 3.63) is 38.9 Å². The van der Waals surface area contributed by atoms with Crippen LogP contribution in [0.4, 0.5) is 5.69 Å². The topological polar surface area (TPSA) is 89.3 Å². The van der Waals surface area contributed by atoms with Crippen molar-refractivity contribution in [2.75, 3.05) is 12.3 Å². The predicted molar refractivity (Wildman–Crippen MR) is 76.6 cm³/mol. The molecule has 2 rings (SSSR count). The minimum absolute atomic E-state index is 0.0946. The molecule has 0 radical (unpaired) electrons. The lowest BCUT2D eigenvalue weighted by Gasteiger charge is -2.10. The Morgan fingerprint density at radius 2 is 2.20 bits per heavy atom. The SMILES string of the molecule is O=[N+]([O-])c1cc(CNCC2CCCS2(=O)=O)ccc1Cl. The fourth-order valence-corrected chi connectivity index (χ4v) is 4.26. The maximum Gasteiger partial charge on any atom is 0.288 e. The Hall–Kier alpha value is -1.18. The van der Waals surface area contributed by atoms with Crippen LogP contribution in [-0.4, -0.2) is 30.9 Å². The van der Waals surface area contributed by atoms with E-state index in [2.05, 4.69) is 5.32 Å². The van der Waals surface area contributed by atoms with Gasteiger partial charge in [-0.2, -0.15) is 0 Å². The summed E-state index contributed by atoms with van der Waals surface area (Å²) in [6.07, 6.45) is 1.39. The number of rotatable bonds is 5. The first-order valence-corrected chi connectivity index (χ1v) is 8.34. The summed E-state index contributed by atoms with van der Waals surface area (Å²) in [5.74, 6) is 0.256. The maximum absolute atomic E-state index is 11.6. The number of sulfone groups is 1. The Bertz CT molecular complexity index is 618. The molecule has 1 atom stereocenters. The Kier molecular flexibility index (Phi) is 4.62. The molecule has 0 saturated carbocycles. The van der Waals surface area contributed by atoms with Crippen LogP contribution in [-0.2, 0) is 16.4 Å². The third-order valence-corrected chi connectivity index (χ3v) is 5.97. The highest BCUT2D eigenvalue weighted by Crippen LogP contribution is 2.25. The van der Waals surface area contributed by atoms with Gasteiger partial charge in [0.25, 0.3) is 5.69 Å². The molecule has 1 N–H and O–H groups in total. The van der Waals surface area contributed by atoms with Gasteiger partial charge in [-0.05, 0) is 24.5 Å². The van der Waals surface area contributed by atoms with Gasteiger partial charge in [0.1, 0.15) is 5.02 Å². The van der Waals surface area contributed by atoms with E-state index in [-0.39, 0.29) is 21.7 Å². The summed E-state index contributed by atoms with van der Waals surface area (Å²) in [4.78, 5) is 10.2. The van der Waals surface area contributed by atoms with Gasteiger partial charge in [-0.15, -0.1) is 0 Å². The van der Waals surface area contributed by atoms with Crippen molar-refractivity contribution in [2.24, 2.45) is 0 Å². The summed E-state index contributed by atoms with van der Waals surface area (Å²) in [7, 11) is -2.96. The van der Waals surface area contributed by atoms with E-state index in [0.717, 1.165) is 0 Å². The molecule has 1 heterocycles. The summed E-state index contributed by atoms with van der Waals surface area (Å²) in [5, 5.41) is 13.6. The van der Waals surface area contributed by atoms with Crippen LogP contribution in [0.2, 0.25) is 5.02 Å². The van der Waals surface area contributed by atoms with E-state index >= 15 is 0 Å². The van der Waals surface area contributed by atoms with Crippen LogP contribution in [0.25, 0.3) is 0 Å². The predicted octanol–water partition coefficient (Wildman–Crippen LogP) is 1.91. The Labute approximate surface area is 122 Å². The minimum atomic E-state index is -2.96. The van der Waals surface area contributed by atoms with Crippen LogP contribution in [0.3, 0.4) is 0 Å². The highest BCUT2D eigenvalue weighted by molar-refractivity contribution is 7.92. The summed E-state index contributed by atoms with van der Waals surface area (Å²) < 4.78 is 23.3. The number of nitro benzene ring substituents is 1. The van der Waals surface area contributed by atoms with Crippen molar-refractivity contribution in [3.63, 3.8) is 0 Å². The molecule has 6 nitrogen and oxygen atoms in total. The smallest absolute Gasteiger partial charge is 0.288 e. The zero-order chi connectivity index (χ0) is 14.8. The molecule has 1 aliphatic rings. The molecule has 110 valence electrons. The quantitative estimate of drug-likeness (QED) is 0.661. The summed E-state index contributed by atoms with van der Waals surface area (Å²) in [6, 6.07) is 4.56. The van der Waals surface area contributed by atoms with Crippen molar-refractivity contribution in [3.8, 4) is 0 Å². The number of hydrogen-bond acceptors (Lipinski definition) is 5. The zero-order valence-electron chi connectivity index (χ0n) is 10.7. The molecular weight excluding hydrogens is 304 g/mol. The molecule has 0 bridgehead atoms. The first-order valence-electron chi connectivity index (χ1n) is 6.25. The zero-order valence-corrected chi connectivity index (χ0v) is 12.3. The summed E-state index contributed by atoms with van der Waals surface area (Å²) in [5.41, 5.74) is 0.566. The van der Waals surface area contributed by atoms with Crippen molar-refractivity contribution in [2.45, 2.75) is 24.6 Å². The number of nitro groups is 1. The van der Waals surface area contributed by atoms with Crippen LogP contribution >= 0.6 is 11.6 Å². The second kappa shape index (κ2) is 6.07. The summed E-state index contributed by atoms with van der Waals surface area (Å²) >= 11 is 5.72. The average molecular weight is 319 g/mol. The largest absolute Gasteiger partial charge is 0.311 e. The molecule has 0 aromatic heterocycles. The molecule has 20 heavy (non-hydrogen) atoms. The average Bonchev–Trinajstić information content (AvgIpc) is 2.70. The van der Waals surface area contributed by atoms with E-state index in [1.165, 1.54) is 12.1 Å². The highest BCUT2D eigenvalue weighted by atomic mass is 35.5. The number of hydrogen-bond donors (Lipinski definition) is 1. The number of nitrogens with zero attached hydrogens (tertiary/aromatic N) is 1. The van der Waals surface area contributed by atoms with Crippen LogP contribution < -0.4 is 5.32 Å². The van der Waals surface area contributed by atoms with Crippen molar-refractivity contribution >= 4 is 27.1 Å². The van der Waals surface area contributed by atoms with Gasteiger partial charge in [0.2, 0.25) is 0 Å². The van der Waals surface area contributed by atoms with Crippen LogP contribution in [0.1, 0.15) is 18.4 Å². The van der Waals surface area contributed by atoms with E-state index < -0.39 is 14.8 Å². The van der Waals surface area contributed by atoms with Gasteiger partial charge in [-0.3, -0.25) is 10.1 Å². The normalized spacial score (nSPS) is 20.9. The Morgan fingerprint density at radius 3 is 2.80 bits per heavy atom. The molecule has 1 aliphatic heterocycles. The number of halogens is 1. The monoisotopic (exact) mass is 318 g/mol. The van der Waals surface area contributed by atoms with Crippen LogP contribution in [0.5, 0.6) is 0 Å². The molecule has 1 saturated heterocycles. The van der Waals surface area contributed by atoms with Gasteiger partial charge < -0.3 is 5.32 Å². The highest BCUT2D eigenvalue weighted by Gasteiger charge is 2.30.